The zero-order valence-corrected chi connectivity index (χ0v) is 14.4. The number of aryl methyl sites for hydroxylation is 2. The summed E-state index contributed by atoms with van der Waals surface area (Å²) in [5, 5.41) is 6.02. The molecule has 21 heavy (non-hydrogen) atoms. The van der Waals surface area contributed by atoms with Crippen LogP contribution in [-0.4, -0.2) is 11.0 Å². The van der Waals surface area contributed by atoms with Crippen LogP contribution < -0.4 is 5.32 Å². The SMILES string of the molecule is CC(C)NC(c1nc2c(s1)CCC2)c1c(Cl)cccc1Cl. The fourth-order valence-electron chi connectivity index (χ4n) is 2.73. The molecular formula is C16H18Cl2N2S. The van der Waals surface area contributed by atoms with Crippen LogP contribution in [0.5, 0.6) is 0 Å². The molecule has 0 fully saturated rings. The standard InChI is InChI=1S/C16H18Cl2N2S/c1-9(2)19-15(14-10(17)5-3-6-11(14)18)16-20-12-7-4-8-13(12)21-16/h3,5-6,9,15,19H,4,7-8H2,1-2H3. The molecule has 112 valence electrons. The van der Waals surface area contributed by atoms with Crippen molar-refractivity contribution >= 4 is 34.5 Å². The van der Waals surface area contributed by atoms with Crippen molar-refractivity contribution in [3.05, 3.63) is 49.4 Å². The van der Waals surface area contributed by atoms with Gasteiger partial charge in [-0.15, -0.1) is 11.3 Å². The Hall–Kier alpha value is -0.610. The summed E-state index contributed by atoms with van der Waals surface area (Å²) in [6.07, 6.45) is 3.47. The first-order valence-electron chi connectivity index (χ1n) is 7.24. The minimum absolute atomic E-state index is 0.0400. The Bertz CT molecular complexity index is 610. The first kappa shape index (κ1) is 15.3. The molecule has 1 unspecified atom stereocenters. The first-order chi connectivity index (χ1) is 10.1. The number of hydrogen-bond donors (Lipinski definition) is 1. The third kappa shape index (κ3) is 3.11. The molecule has 1 aromatic carbocycles. The van der Waals surface area contributed by atoms with Crippen molar-refractivity contribution in [3.63, 3.8) is 0 Å². The van der Waals surface area contributed by atoms with Gasteiger partial charge in [0.25, 0.3) is 0 Å². The second-order valence-electron chi connectivity index (χ2n) is 5.67. The van der Waals surface area contributed by atoms with Gasteiger partial charge >= 0.3 is 0 Å². The van der Waals surface area contributed by atoms with Gasteiger partial charge in [0, 0.05) is 26.5 Å². The lowest BCUT2D eigenvalue weighted by Gasteiger charge is -2.22. The molecule has 0 saturated heterocycles. The van der Waals surface area contributed by atoms with Gasteiger partial charge in [-0.3, -0.25) is 0 Å². The zero-order valence-electron chi connectivity index (χ0n) is 12.1. The molecule has 1 aromatic heterocycles. The van der Waals surface area contributed by atoms with Gasteiger partial charge in [0.1, 0.15) is 5.01 Å². The van der Waals surface area contributed by atoms with Crippen LogP contribution in [-0.2, 0) is 12.8 Å². The molecule has 2 nitrogen and oxygen atoms in total. The summed E-state index contributed by atoms with van der Waals surface area (Å²) in [6, 6.07) is 5.93. The Morgan fingerprint density at radius 1 is 1.19 bits per heavy atom. The second-order valence-corrected chi connectivity index (χ2v) is 7.59. The Morgan fingerprint density at radius 3 is 2.52 bits per heavy atom. The van der Waals surface area contributed by atoms with E-state index in [0.717, 1.165) is 23.4 Å². The summed E-state index contributed by atoms with van der Waals surface area (Å²) in [6.45, 7) is 4.25. The van der Waals surface area contributed by atoms with Crippen LogP contribution in [0.25, 0.3) is 0 Å². The third-order valence-electron chi connectivity index (χ3n) is 3.65. The third-order valence-corrected chi connectivity index (χ3v) is 5.53. The fraction of sp³-hybridized carbons (Fsp3) is 0.438. The Kier molecular flexibility index (Phi) is 4.55. The van der Waals surface area contributed by atoms with Crippen LogP contribution in [0.15, 0.2) is 18.2 Å². The molecule has 0 radical (unpaired) electrons. The number of nitrogens with zero attached hydrogens (tertiary/aromatic N) is 1. The molecule has 0 aliphatic heterocycles. The second kappa shape index (κ2) is 6.25. The number of hydrogen-bond acceptors (Lipinski definition) is 3. The summed E-state index contributed by atoms with van der Waals surface area (Å²) in [5.41, 5.74) is 2.19. The normalized spacial score (nSPS) is 15.5. The lowest BCUT2D eigenvalue weighted by Crippen LogP contribution is -2.29. The topological polar surface area (TPSA) is 24.9 Å². The van der Waals surface area contributed by atoms with E-state index < -0.39 is 0 Å². The van der Waals surface area contributed by atoms with E-state index in [1.54, 1.807) is 11.3 Å². The van der Waals surface area contributed by atoms with Gasteiger partial charge in [0.05, 0.1) is 11.7 Å². The van der Waals surface area contributed by atoms with Crippen molar-refractivity contribution in [3.8, 4) is 0 Å². The molecular weight excluding hydrogens is 323 g/mol. The number of halogens is 2. The molecule has 1 N–H and O–H groups in total. The number of nitrogens with one attached hydrogen (secondary N) is 1. The highest BCUT2D eigenvalue weighted by Crippen LogP contribution is 2.38. The predicted octanol–water partition coefficient (Wildman–Crippen LogP) is 5.03. The Morgan fingerprint density at radius 2 is 1.90 bits per heavy atom. The van der Waals surface area contributed by atoms with E-state index >= 15 is 0 Å². The lowest BCUT2D eigenvalue weighted by atomic mass is 10.1. The predicted molar refractivity (Wildman–Crippen MR) is 90.7 cm³/mol. The molecule has 5 heteroatoms. The van der Waals surface area contributed by atoms with E-state index in [0.29, 0.717) is 16.1 Å². The van der Waals surface area contributed by atoms with Crippen LogP contribution >= 0.6 is 34.5 Å². The average Bonchev–Trinajstić information content (AvgIpc) is 2.97. The molecule has 1 heterocycles. The van der Waals surface area contributed by atoms with Crippen LogP contribution in [0.2, 0.25) is 10.0 Å². The van der Waals surface area contributed by atoms with E-state index in [-0.39, 0.29) is 6.04 Å². The van der Waals surface area contributed by atoms with Gasteiger partial charge in [-0.1, -0.05) is 29.3 Å². The summed E-state index contributed by atoms with van der Waals surface area (Å²) in [4.78, 5) is 6.26. The van der Waals surface area contributed by atoms with Crippen LogP contribution in [0.4, 0.5) is 0 Å². The maximum atomic E-state index is 6.40. The Labute approximate surface area is 139 Å². The van der Waals surface area contributed by atoms with Crippen LogP contribution in [0.3, 0.4) is 0 Å². The summed E-state index contributed by atoms with van der Waals surface area (Å²) < 4.78 is 0. The molecule has 1 aliphatic rings. The molecule has 0 spiro atoms. The van der Waals surface area contributed by atoms with Crippen LogP contribution in [0, 0.1) is 0 Å². The van der Waals surface area contributed by atoms with Crippen molar-refractivity contribution in [2.75, 3.05) is 0 Å². The highest BCUT2D eigenvalue weighted by molar-refractivity contribution is 7.11. The minimum atomic E-state index is -0.0400. The van der Waals surface area contributed by atoms with E-state index in [9.17, 15) is 0 Å². The van der Waals surface area contributed by atoms with Gasteiger partial charge in [0.2, 0.25) is 0 Å². The molecule has 0 saturated carbocycles. The number of thiazole rings is 1. The Balaban J connectivity index is 2.05. The summed E-state index contributed by atoms with van der Waals surface area (Å²) in [5.74, 6) is 0. The molecule has 2 aromatic rings. The summed E-state index contributed by atoms with van der Waals surface area (Å²) in [7, 11) is 0. The highest BCUT2D eigenvalue weighted by atomic mass is 35.5. The van der Waals surface area contributed by atoms with E-state index in [4.69, 9.17) is 28.2 Å². The van der Waals surface area contributed by atoms with Crippen molar-refractivity contribution in [2.45, 2.75) is 45.2 Å². The minimum Gasteiger partial charge on any atom is -0.302 e. The van der Waals surface area contributed by atoms with Crippen molar-refractivity contribution < 1.29 is 0 Å². The van der Waals surface area contributed by atoms with Gasteiger partial charge < -0.3 is 5.32 Å². The zero-order chi connectivity index (χ0) is 15.0. The molecule has 1 aliphatic carbocycles. The molecule has 3 rings (SSSR count). The molecule has 0 amide bonds. The summed E-state index contributed by atoms with van der Waals surface area (Å²) >= 11 is 14.6. The smallest absolute Gasteiger partial charge is 0.115 e. The number of fused-ring (bicyclic) bond motifs is 1. The fourth-order valence-corrected chi connectivity index (χ4v) is 4.57. The number of rotatable bonds is 4. The average molecular weight is 341 g/mol. The van der Waals surface area contributed by atoms with Crippen LogP contribution in [0.1, 0.15) is 47.5 Å². The monoisotopic (exact) mass is 340 g/mol. The van der Waals surface area contributed by atoms with Gasteiger partial charge in [0.15, 0.2) is 0 Å². The van der Waals surface area contributed by atoms with E-state index in [1.165, 1.54) is 17.0 Å². The molecule has 0 bridgehead atoms. The van der Waals surface area contributed by atoms with Crippen molar-refractivity contribution in [1.82, 2.24) is 10.3 Å². The number of aromatic nitrogens is 1. The van der Waals surface area contributed by atoms with Gasteiger partial charge in [-0.25, -0.2) is 4.98 Å². The van der Waals surface area contributed by atoms with Gasteiger partial charge in [-0.2, -0.15) is 0 Å². The van der Waals surface area contributed by atoms with Crippen molar-refractivity contribution in [2.24, 2.45) is 0 Å². The van der Waals surface area contributed by atoms with E-state index in [1.807, 2.05) is 18.2 Å². The number of benzene rings is 1. The maximum Gasteiger partial charge on any atom is 0.115 e. The van der Waals surface area contributed by atoms with E-state index in [2.05, 4.69) is 19.2 Å². The van der Waals surface area contributed by atoms with Crippen molar-refractivity contribution in [1.29, 1.82) is 0 Å². The highest BCUT2D eigenvalue weighted by Gasteiger charge is 2.26. The van der Waals surface area contributed by atoms with Gasteiger partial charge in [-0.05, 0) is 45.2 Å². The quantitative estimate of drug-likeness (QED) is 0.844. The lowest BCUT2D eigenvalue weighted by molar-refractivity contribution is 0.526. The maximum absolute atomic E-state index is 6.40. The molecule has 1 atom stereocenters. The first-order valence-corrected chi connectivity index (χ1v) is 8.82. The largest absolute Gasteiger partial charge is 0.302 e.